The Bertz CT molecular complexity index is 1010. The third-order valence-electron chi connectivity index (χ3n) is 5.51. The molecule has 2 N–H and O–H groups in total. The summed E-state index contributed by atoms with van der Waals surface area (Å²) in [5, 5.41) is 4.12. The number of carbonyl (C=O) groups is 1. The van der Waals surface area contributed by atoms with Crippen molar-refractivity contribution in [3.63, 3.8) is 0 Å². The van der Waals surface area contributed by atoms with Gasteiger partial charge in [0.25, 0.3) is 0 Å². The molecule has 0 radical (unpaired) electrons. The van der Waals surface area contributed by atoms with Crippen LogP contribution < -0.4 is 10.2 Å². The molecule has 6 heteroatoms. The fraction of sp³-hybridized carbons (Fsp3) is 0.318. The van der Waals surface area contributed by atoms with E-state index in [4.69, 9.17) is 0 Å². The molecule has 146 valence electrons. The van der Waals surface area contributed by atoms with Crippen LogP contribution in [0.4, 0.5) is 14.5 Å². The lowest BCUT2D eigenvalue weighted by Gasteiger charge is -2.19. The predicted molar refractivity (Wildman–Crippen MR) is 106 cm³/mol. The van der Waals surface area contributed by atoms with E-state index >= 15 is 0 Å². The molecular formula is C22H23F2N3O. The number of para-hydroxylation sites is 1. The molecular weight excluding hydrogens is 360 g/mol. The van der Waals surface area contributed by atoms with Crippen LogP contribution in [0.15, 0.2) is 42.5 Å². The summed E-state index contributed by atoms with van der Waals surface area (Å²) in [6.45, 7) is 4.06. The molecule has 2 aromatic carbocycles. The lowest BCUT2D eigenvalue weighted by atomic mass is 10.1. The SMILES string of the molecule is Cc1[nH]c2ccccc2c1CC(=O)NCC1CCN(c2ccc(F)c(F)c2)C1. The second kappa shape index (κ2) is 7.62. The van der Waals surface area contributed by atoms with Crippen molar-refractivity contribution in [3.05, 3.63) is 65.4 Å². The molecule has 1 aliphatic rings. The molecule has 1 unspecified atom stereocenters. The van der Waals surface area contributed by atoms with E-state index < -0.39 is 11.6 Å². The van der Waals surface area contributed by atoms with Gasteiger partial charge in [-0.1, -0.05) is 18.2 Å². The van der Waals surface area contributed by atoms with Crippen LogP contribution in [0.5, 0.6) is 0 Å². The van der Waals surface area contributed by atoms with E-state index in [0.29, 0.717) is 24.6 Å². The molecule has 1 amide bonds. The number of anilines is 1. The van der Waals surface area contributed by atoms with E-state index in [1.54, 1.807) is 6.07 Å². The Morgan fingerprint density at radius 3 is 2.86 bits per heavy atom. The summed E-state index contributed by atoms with van der Waals surface area (Å²) in [5.74, 6) is -1.37. The van der Waals surface area contributed by atoms with Gasteiger partial charge >= 0.3 is 0 Å². The summed E-state index contributed by atoms with van der Waals surface area (Å²) in [7, 11) is 0. The van der Waals surface area contributed by atoms with Crippen LogP contribution in [0, 0.1) is 24.5 Å². The van der Waals surface area contributed by atoms with Gasteiger partial charge in [0.1, 0.15) is 0 Å². The third kappa shape index (κ3) is 3.72. The normalized spacial score (nSPS) is 16.7. The molecule has 2 heterocycles. The van der Waals surface area contributed by atoms with Gasteiger partial charge in [0.15, 0.2) is 11.6 Å². The molecule has 0 saturated carbocycles. The van der Waals surface area contributed by atoms with Gasteiger partial charge in [0.2, 0.25) is 5.91 Å². The van der Waals surface area contributed by atoms with E-state index in [-0.39, 0.29) is 5.91 Å². The van der Waals surface area contributed by atoms with E-state index in [0.717, 1.165) is 47.7 Å². The van der Waals surface area contributed by atoms with Crippen molar-refractivity contribution >= 4 is 22.5 Å². The van der Waals surface area contributed by atoms with Gasteiger partial charge in [-0.05, 0) is 43.0 Å². The summed E-state index contributed by atoms with van der Waals surface area (Å²) in [4.78, 5) is 17.8. The standard InChI is InChI=1S/C22H23F2N3O/c1-14-18(17-4-2-3-5-21(17)26-14)11-22(28)25-12-15-8-9-27(13-15)16-6-7-19(23)20(24)10-16/h2-7,10,15,26H,8-9,11-13H2,1H3,(H,25,28). The molecule has 1 fully saturated rings. The fourth-order valence-corrected chi connectivity index (χ4v) is 3.96. The number of hydrogen-bond donors (Lipinski definition) is 2. The number of fused-ring (bicyclic) bond motifs is 1. The van der Waals surface area contributed by atoms with Gasteiger partial charge in [-0.2, -0.15) is 0 Å². The summed E-state index contributed by atoms with van der Waals surface area (Å²) in [6.07, 6.45) is 1.25. The van der Waals surface area contributed by atoms with Crippen molar-refractivity contribution in [1.82, 2.24) is 10.3 Å². The van der Waals surface area contributed by atoms with Crippen molar-refractivity contribution in [3.8, 4) is 0 Å². The average Bonchev–Trinajstić information content (AvgIpc) is 3.27. The van der Waals surface area contributed by atoms with Gasteiger partial charge in [0, 0.05) is 48.0 Å². The number of carbonyl (C=O) groups excluding carboxylic acids is 1. The van der Waals surface area contributed by atoms with Gasteiger partial charge in [-0.25, -0.2) is 8.78 Å². The first-order chi connectivity index (χ1) is 13.5. The number of aromatic nitrogens is 1. The maximum atomic E-state index is 13.4. The molecule has 1 atom stereocenters. The minimum absolute atomic E-state index is 0.000806. The zero-order chi connectivity index (χ0) is 19.7. The highest BCUT2D eigenvalue weighted by atomic mass is 19.2. The Morgan fingerprint density at radius 1 is 1.21 bits per heavy atom. The molecule has 0 spiro atoms. The highest BCUT2D eigenvalue weighted by Gasteiger charge is 2.24. The molecule has 0 bridgehead atoms. The number of nitrogens with one attached hydrogen (secondary N) is 2. The number of nitrogens with zero attached hydrogens (tertiary/aromatic N) is 1. The first kappa shape index (κ1) is 18.5. The van der Waals surface area contributed by atoms with Gasteiger partial charge in [-0.15, -0.1) is 0 Å². The van der Waals surface area contributed by atoms with E-state index in [9.17, 15) is 13.6 Å². The Morgan fingerprint density at radius 2 is 2.04 bits per heavy atom. The summed E-state index contributed by atoms with van der Waals surface area (Å²) < 4.78 is 26.6. The van der Waals surface area contributed by atoms with Gasteiger partial charge < -0.3 is 15.2 Å². The Kier molecular flexibility index (Phi) is 5.03. The van der Waals surface area contributed by atoms with Crippen LogP contribution in [0.2, 0.25) is 0 Å². The number of halogens is 2. The Labute approximate surface area is 162 Å². The highest BCUT2D eigenvalue weighted by molar-refractivity contribution is 5.90. The van der Waals surface area contributed by atoms with Crippen LogP contribution in [-0.2, 0) is 11.2 Å². The monoisotopic (exact) mass is 383 g/mol. The number of amides is 1. The zero-order valence-electron chi connectivity index (χ0n) is 15.8. The van der Waals surface area contributed by atoms with Crippen LogP contribution in [0.1, 0.15) is 17.7 Å². The van der Waals surface area contributed by atoms with Gasteiger partial charge in [-0.3, -0.25) is 4.79 Å². The smallest absolute Gasteiger partial charge is 0.224 e. The second-order valence-electron chi connectivity index (χ2n) is 7.45. The van der Waals surface area contributed by atoms with Crippen molar-refractivity contribution < 1.29 is 13.6 Å². The van der Waals surface area contributed by atoms with Crippen LogP contribution in [0.25, 0.3) is 10.9 Å². The van der Waals surface area contributed by atoms with E-state index in [2.05, 4.69) is 10.3 Å². The molecule has 0 aliphatic carbocycles. The predicted octanol–water partition coefficient (Wildman–Crippen LogP) is 3.94. The number of aromatic amines is 1. The Hall–Kier alpha value is -2.89. The fourth-order valence-electron chi connectivity index (χ4n) is 3.96. The molecule has 1 saturated heterocycles. The number of benzene rings is 2. The first-order valence-electron chi connectivity index (χ1n) is 9.54. The van der Waals surface area contributed by atoms with Crippen molar-refractivity contribution in [2.75, 3.05) is 24.5 Å². The van der Waals surface area contributed by atoms with Gasteiger partial charge in [0.05, 0.1) is 6.42 Å². The second-order valence-corrected chi connectivity index (χ2v) is 7.45. The molecule has 1 aliphatic heterocycles. The molecule has 28 heavy (non-hydrogen) atoms. The number of H-pyrrole nitrogens is 1. The molecule has 4 rings (SSSR count). The maximum absolute atomic E-state index is 13.4. The van der Waals surface area contributed by atoms with Crippen LogP contribution in [-0.4, -0.2) is 30.5 Å². The van der Waals surface area contributed by atoms with Crippen molar-refractivity contribution in [1.29, 1.82) is 0 Å². The average molecular weight is 383 g/mol. The van der Waals surface area contributed by atoms with Crippen LogP contribution >= 0.6 is 0 Å². The van der Waals surface area contributed by atoms with Crippen LogP contribution in [0.3, 0.4) is 0 Å². The lowest BCUT2D eigenvalue weighted by molar-refractivity contribution is -0.120. The summed E-state index contributed by atoms with van der Waals surface area (Å²) >= 11 is 0. The zero-order valence-corrected chi connectivity index (χ0v) is 15.8. The van der Waals surface area contributed by atoms with E-state index in [1.807, 2.05) is 36.1 Å². The molecule has 4 nitrogen and oxygen atoms in total. The minimum atomic E-state index is -0.834. The molecule has 3 aromatic rings. The topological polar surface area (TPSA) is 48.1 Å². The minimum Gasteiger partial charge on any atom is -0.371 e. The van der Waals surface area contributed by atoms with Crippen molar-refractivity contribution in [2.24, 2.45) is 5.92 Å². The summed E-state index contributed by atoms with van der Waals surface area (Å²) in [6, 6.07) is 12.0. The quantitative estimate of drug-likeness (QED) is 0.701. The maximum Gasteiger partial charge on any atom is 0.224 e. The van der Waals surface area contributed by atoms with Crippen molar-refractivity contribution in [2.45, 2.75) is 19.8 Å². The summed E-state index contributed by atoms with van der Waals surface area (Å²) in [5.41, 5.74) is 3.77. The lowest BCUT2D eigenvalue weighted by Crippen LogP contribution is -2.32. The molecule has 1 aromatic heterocycles. The highest BCUT2D eigenvalue weighted by Crippen LogP contribution is 2.25. The number of aryl methyl sites for hydroxylation is 1. The first-order valence-corrected chi connectivity index (χ1v) is 9.54. The number of rotatable bonds is 5. The Balaban J connectivity index is 1.33. The number of hydrogen-bond acceptors (Lipinski definition) is 2. The van der Waals surface area contributed by atoms with E-state index in [1.165, 1.54) is 6.07 Å². The largest absolute Gasteiger partial charge is 0.371 e. The third-order valence-corrected chi connectivity index (χ3v) is 5.51.